The Labute approximate surface area is 139 Å². The number of pyridine rings is 1. The van der Waals surface area contributed by atoms with Gasteiger partial charge >= 0.3 is 5.69 Å². The second kappa shape index (κ2) is 6.22. The van der Waals surface area contributed by atoms with E-state index in [1.807, 2.05) is 0 Å². The van der Waals surface area contributed by atoms with E-state index in [0.717, 1.165) is 23.8 Å². The van der Waals surface area contributed by atoms with Crippen molar-refractivity contribution in [2.24, 2.45) is 20.0 Å². The molecule has 3 rings (SSSR count). The molecule has 1 N–H and O–H groups in total. The molecule has 0 aliphatic heterocycles. The highest BCUT2D eigenvalue weighted by Crippen LogP contribution is 2.24. The Morgan fingerprint density at radius 2 is 1.92 bits per heavy atom. The third-order valence-corrected chi connectivity index (χ3v) is 4.98. The lowest BCUT2D eigenvalue weighted by Gasteiger charge is -2.29. The lowest BCUT2D eigenvalue weighted by molar-refractivity contribution is 0.0910. The molecule has 2 aromatic heterocycles. The first-order valence-electron chi connectivity index (χ1n) is 8.26. The van der Waals surface area contributed by atoms with Crippen molar-refractivity contribution < 1.29 is 4.79 Å². The largest absolute Gasteiger partial charge is 0.349 e. The fourth-order valence-corrected chi connectivity index (χ4v) is 3.37. The van der Waals surface area contributed by atoms with Crippen LogP contribution in [0, 0.1) is 5.92 Å². The zero-order valence-corrected chi connectivity index (χ0v) is 14.2. The molecule has 0 unspecified atom stereocenters. The van der Waals surface area contributed by atoms with Gasteiger partial charge in [-0.25, -0.2) is 9.78 Å². The first-order chi connectivity index (χ1) is 11.4. The van der Waals surface area contributed by atoms with Crippen molar-refractivity contribution >= 4 is 16.9 Å². The Hall–Kier alpha value is -2.44. The number of hydrogen-bond acceptors (Lipinski definition) is 4. The topological polar surface area (TPSA) is 86.0 Å². The summed E-state index contributed by atoms with van der Waals surface area (Å²) in [5.41, 5.74) is -0.253. The number of nitrogens with one attached hydrogen (secondary N) is 1. The molecule has 2 heterocycles. The summed E-state index contributed by atoms with van der Waals surface area (Å²) in [5.74, 6) is 0.226. The van der Waals surface area contributed by atoms with E-state index >= 15 is 0 Å². The van der Waals surface area contributed by atoms with Gasteiger partial charge in [0.15, 0.2) is 0 Å². The summed E-state index contributed by atoms with van der Waals surface area (Å²) in [5, 5.41) is 3.32. The number of hydrogen-bond donors (Lipinski definition) is 1. The van der Waals surface area contributed by atoms with Crippen molar-refractivity contribution in [3.05, 3.63) is 38.7 Å². The van der Waals surface area contributed by atoms with Gasteiger partial charge in [0.1, 0.15) is 5.65 Å². The van der Waals surface area contributed by atoms with E-state index in [2.05, 4.69) is 17.2 Å². The van der Waals surface area contributed by atoms with Crippen LogP contribution in [0.25, 0.3) is 11.0 Å². The highest BCUT2D eigenvalue weighted by molar-refractivity contribution is 5.96. The van der Waals surface area contributed by atoms with Crippen LogP contribution in [0.2, 0.25) is 0 Å². The van der Waals surface area contributed by atoms with Crippen LogP contribution in [0.5, 0.6) is 0 Å². The zero-order chi connectivity index (χ0) is 17.4. The van der Waals surface area contributed by atoms with Gasteiger partial charge in [-0.1, -0.05) is 19.8 Å². The van der Waals surface area contributed by atoms with Crippen molar-refractivity contribution in [2.75, 3.05) is 0 Å². The van der Waals surface area contributed by atoms with E-state index in [9.17, 15) is 14.4 Å². The summed E-state index contributed by atoms with van der Waals surface area (Å²) in [6, 6.07) is 1.68. The Balaban J connectivity index is 1.97. The first-order valence-corrected chi connectivity index (χ1v) is 8.26. The smallest absolute Gasteiger partial charge is 0.332 e. The predicted octanol–water partition coefficient (Wildman–Crippen LogP) is 0.941. The molecule has 0 bridgehead atoms. The van der Waals surface area contributed by atoms with E-state index in [0.29, 0.717) is 11.5 Å². The maximum atomic E-state index is 12.5. The number of amides is 1. The van der Waals surface area contributed by atoms with Gasteiger partial charge in [-0.05, 0) is 24.8 Å². The Morgan fingerprint density at radius 3 is 2.62 bits per heavy atom. The van der Waals surface area contributed by atoms with Crippen molar-refractivity contribution in [2.45, 2.75) is 38.6 Å². The van der Waals surface area contributed by atoms with Crippen LogP contribution in [-0.2, 0) is 14.1 Å². The van der Waals surface area contributed by atoms with Gasteiger partial charge in [0.05, 0.1) is 10.9 Å². The number of fused-ring (bicyclic) bond motifs is 1. The molecular formula is C17H22N4O3. The maximum Gasteiger partial charge on any atom is 0.332 e. The predicted molar refractivity (Wildman–Crippen MR) is 91.1 cm³/mol. The third kappa shape index (κ3) is 2.74. The summed E-state index contributed by atoms with van der Waals surface area (Å²) < 4.78 is 2.33. The van der Waals surface area contributed by atoms with Crippen molar-refractivity contribution in [1.82, 2.24) is 19.4 Å². The van der Waals surface area contributed by atoms with Crippen molar-refractivity contribution in [1.29, 1.82) is 0 Å². The van der Waals surface area contributed by atoms with Gasteiger partial charge in [0.25, 0.3) is 11.5 Å². The minimum Gasteiger partial charge on any atom is -0.349 e. The minimum atomic E-state index is -0.443. The van der Waals surface area contributed by atoms with E-state index in [-0.39, 0.29) is 23.0 Å². The second-order valence-corrected chi connectivity index (χ2v) is 6.64. The fraction of sp³-hybridized carbons (Fsp3) is 0.529. The number of carbonyl (C=O) groups excluding carboxylic acids is 1. The summed E-state index contributed by atoms with van der Waals surface area (Å²) in [4.78, 5) is 40.9. The van der Waals surface area contributed by atoms with Gasteiger partial charge in [0, 0.05) is 26.3 Å². The second-order valence-electron chi connectivity index (χ2n) is 6.64. The van der Waals surface area contributed by atoms with Crippen LogP contribution in [0.4, 0.5) is 0 Å². The molecule has 1 fully saturated rings. The van der Waals surface area contributed by atoms with Gasteiger partial charge in [-0.2, -0.15) is 0 Å². The molecule has 7 nitrogen and oxygen atoms in total. The normalized spacial score (nSPS) is 21.0. The average molecular weight is 330 g/mol. The number of aryl methyl sites for hydroxylation is 1. The molecule has 2 aromatic rings. The van der Waals surface area contributed by atoms with Crippen molar-refractivity contribution in [3.8, 4) is 0 Å². The molecule has 2 atom stereocenters. The molecule has 0 radical (unpaired) electrons. The molecule has 1 aliphatic rings. The van der Waals surface area contributed by atoms with Gasteiger partial charge in [0.2, 0.25) is 0 Å². The van der Waals surface area contributed by atoms with E-state index in [1.54, 1.807) is 7.05 Å². The van der Waals surface area contributed by atoms with Crippen LogP contribution >= 0.6 is 0 Å². The Kier molecular flexibility index (Phi) is 4.26. The van der Waals surface area contributed by atoms with E-state index < -0.39 is 11.2 Å². The third-order valence-electron chi connectivity index (χ3n) is 4.98. The lowest BCUT2D eigenvalue weighted by Crippen LogP contribution is -2.41. The van der Waals surface area contributed by atoms with Gasteiger partial charge in [-0.3, -0.25) is 18.7 Å². The highest BCUT2D eigenvalue weighted by atomic mass is 16.2. The summed E-state index contributed by atoms with van der Waals surface area (Å²) >= 11 is 0. The standard InChI is InChI=1S/C17H22N4O3/c1-10-6-4-5-7-13(10)19-15(22)11-8-12-14(18-9-11)20(2)17(24)21(3)16(12)23/h8-10,13H,4-7H2,1-3H3,(H,19,22)/t10-,13+/m1/s1. The quantitative estimate of drug-likeness (QED) is 0.888. The van der Waals surface area contributed by atoms with Crippen LogP contribution in [0.1, 0.15) is 43.0 Å². The summed E-state index contributed by atoms with van der Waals surface area (Å²) in [6.07, 6.45) is 5.83. The van der Waals surface area contributed by atoms with Crippen LogP contribution < -0.4 is 16.6 Å². The fourth-order valence-electron chi connectivity index (χ4n) is 3.37. The lowest BCUT2D eigenvalue weighted by atomic mass is 9.86. The number of rotatable bonds is 2. The van der Waals surface area contributed by atoms with Gasteiger partial charge in [-0.15, -0.1) is 0 Å². The molecular weight excluding hydrogens is 308 g/mol. The SMILES string of the molecule is C[C@@H]1CCCC[C@@H]1NC(=O)c1cnc2c(c1)c(=O)n(C)c(=O)n2C. The van der Waals surface area contributed by atoms with Crippen LogP contribution in [-0.4, -0.2) is 26.1 Å². The molecule has 24 heavy (non-hydrogen) atoms. The molecule has 0 spiro atoms. The molecule has 0 aromatic carbocycles. The van der Waals surface area contributed by atoms with E-state index in [4.69, 9.17) is 0 Å². The maximum absolute atomic E-state index is 12.5. The van der Waals surface area contributed by atoms with Crippen molar-refractivity contribution in [3.63, 3.8) is 0 Å². The number of aromatic nitrogens is 3. The van der Waals surface area contributed by atoms with E-state index in [1.165, 1.54) is 30.3 Å². The molecule has 1 saturated carbocycles. The molecule has 0 saturated heterocycles. The number of carbonyl (C=O) groups is 1. The molecule has 128 valence electrons. The van der Waals surface area contributed by atoms with Crippen LogP contribution in [0.15, 0.2) is 21.9 Å². The monoisotopic (exact) mass is 330 g/mol. The van der Waals surface area contributed by atoms with Gasteiger partial charge < -0.3 is 5.32 Å². The van der Waals surface area contributed by atoms with Crippen LogP contribution in [0.3, 0.4) is 0 Å². The Bertz CT molecular complexity index is 912. The first kappa shape index (κ1) is 16.4. The molecule has 1 aliphatic carbocycles. The summed E-state index contributed by atoms with van der Waals surface area (Å²) in [7, 11) is 2.97. The summed E-state index contributed by atoms with van der Waals surface area (Å²) in [6.45, 7) is 2.15. The molecule has 7 heteroatoms. The minimum absolute atomic E-state index is 0.157. The Morgan fingerprint density at radius 1 is 1.21 bits per heavy atom. The molecule has 1 amide bonds. The number of nitrogens with zero attached hydrogens (tertiary/aromatic N) is 3. The average Bonchev–Trinajstić information content (AvgIpc) is 2.59. The highest BCUT2D eigenvalue weighted by Gasteiger charge is 2.23. The zero-order valence-electron chi connectivity index (χ0n) is 14.2.